The molecule has 2 aromatic rings. The van der Waals surface area contributed by atoms with E-state index < -0.39 is 0 Å². The monoisotopic (exact) mass is 226 g/mol. The minimum absolute atomic E-state index is 0.578. The van der Waals surface area contributed by atoms with E-state index in [1.165, 1.54) is 6.33 Å². The van der Waals surface area contributed by atoms with Gasteiger partial charge in [-0.25, -0.2) is 9.97 Å². The lowest BCUT2D eigenvalue weighted by Gasteiger charge is -2.07. The number of rotatable bonds is 4. The van der Waals surface area contributed by atoms with Crippen LogP contribution in [-0.4, -0.2) is 16.6 Å². The van der Waals surface area contributed by atoms with Gasteiger partial charge >= 0.3 is 0 Å². The average Bonchev–Trinajstić information content (AvgIpc) is 2.40. The quantitative estimate of drug-likeness (QED) is 0.804. The van der Waals surface area contributed by atoms with E-state index in [4.69, 9.17) is 4.74 Å². The summed E-state index contributed by atoms with van der Waals surface area (Å²) in [5.74, 6) is 0.578. The van der Waals surface area contributed by atoms with Crippen molar-refractivity contribution in [3.8, 4) is 5.88 Å². The third-order valence-electron chi connectivity index (χ3n) is 2.37. The summed E-state index contributed by atoms with van der Waals surface area (Å²) in [4.78, 5) is 8.24. The Balaban J connectivity index is 2.28. The second-order valence-corrected chi connectivity index (χ2v) is 3.52. The molecule has 0 saturated carbocycles. The Morgan fingerprint density at radius 3 is 2.71 bits per heavy atom. The van der Waals surface area contributed by atoms with Gasteiger partial charge in [0.2, 0.25) is 5.88 Å². The van der Waals surface area contributed by atoms with Crippen molar-refractivity contribution in [2.24, 2.45) is 0 Å². The van der Waals surface area contributed by atoms with Crippen molar-refractivity contribution >= 4 is 5.57 Å². The first-order chi connectivity index (χ1) is 8.31. The van der Waals surface area contributed by atoms with E-state index in [0.29, 0.717) is 12.5 Å². The molecule has 1 heterocycles. The molecule has 0 fully saturated rings. The van der Waals surface area contributed by atoms with Crippen LogP contribution in [0, 0.1) is 0 Å². The summed E-state index contributed by atoms with van der Waals surface area (Å²) < 4.78 is 5.34. The largest absolute Gasteiger partial charge is 0.478 e. The number of benzene rings is 1. The van der Waals surface area contributed by atoms with Crippen LogP contribution in [0.1, 0.15) is 18.2 Å². The van der Waals surface area contributed by atoms with Crippen LogP contribution in [0.15, 0.2) is 49.3 Å². The molecule has 17 heavy (non-hydrogen) atoms. The van der Waals surface area contributed by atoms with Gasteiger partial charge in [-0.1, -0.05) is 36.9 Å². The van der Waals surface area contributed by atoms with Crippen molar-refractivity contribution in [1.29, 1.82) is 0 Å². The van der Waals surface area contributed by atoms with Crippen molar-refractivity contribution in [1.82, 2.24) is 9.97 Å². The van der Waals surface area contributed by atoms with Gasteiger partial charge in [-0.05, 0) is 12.5 Å². The van der Waals surface area contributed by atoms with Crippen LogP contribution >= 0.6 is 0 Å². The average molecular weight is 226 g/mol. The van der Waals surface area contributed by atoms with E-state index in [9.17, 15) is 0 Å². The molecule has 3 heteroatoms. The van der Waals surface area contributed by atoms with Crippen molar-refractivity contribution < 1.29 is 4.74 Å². The van der Waals surface area contributed by atoms with Gasteiger partial charge in [0.15, 0.2) is 0 Å². The van der Waals surface area contributed by atoms with Crippen LogP contribution in [0.25, 0.3) is 5.57 Å². The number of hydrogen-bond acceptors (Lipinski definition) is 3. The van der Waals surface area contributed by atoms with Crippen LogP contribution in [-0.2, 0) is 0 Å². The van der Waals surface area contributed by atoms with Crippen molar-refractivity contribution in [3.05, 3.63) is 60.6 Å². The lowest BCUT2D eigenvalue weighted by molar-refractivity contribution is 0.326. The van der Waals surface area contributed by atoms with Crippen molar-refractivity contribution in [2.75, 3.05) is 6.61 Å². The first-order valence-electron chi connectivity index (χ1n) is 5.51. The predicted molar refractivity (Wildman–Crippen MR) is 67.8 cm³/mol. The SMILES string of the molecule is C=C(c1ccccc1)c1cc(OCC)ncn1. The summed E-state index contributed by atoms with van der Waals surface area (Å²) in [6.07, 6.45) is 1.49. The number of aromatic nitrogens is 2. The fourth-order valence-electron chi connectivity index (χ4n) is 1.52. The number of hydrogen-bond donors (Lipinski definition) is 0. The third-order valence-corrected chi connectivity index (χ3v) is 2.37. The third kappa shape index (κ3) is 2.69. The Labute approximate surface area is 101 Å². The Morgan fingerprint density at radius 2 is 2.00 bits per heavy atom. The molecule has 0 bridgehead atoms. The molecule has 0 atom stereocenters. The van der Waals surface area contributed by atoms with E-state index in [0.717, 1.165) is 16.8 Å². The zero-order valence-electron chi connectivity index (χ0n) is 9.76. The standard InChI is InChI=1S/C14H14N2O/c1-3-17-14-9-13(15-10-16-14)11(2)12-7-5-4-6-8-12/h4-10H,2-3H2,1H3. The Morgan fingerprint density at radius 1 is 1.24 bits per heavy atom. The zero-order valence-corrected chi connectivity index (χ0v) is 9.76. The smallest absolute Gasteiger partial charge is 0.216 e. The van der Waals surface area contributed by atoms with Crippen LogP contribution in [0.4, 0.5) is 0 Å². The van der Waals surface area contributed by atoms with Gasteiger partial charge in [-0.2, -0.15) is 0 Å². The normalized spacial score (nSPS) is 9.94. The molecule has 1 aromatic heterocycles. The molecule has 0 aliphatic rings. The van der Waals surface area contributed by atoms with Gasteiger partial charge in [0.05, 0.1) is 12.3 Å². The first kappa shape index (κ1) is 11.3. The Bertz CT molecular complexity index is 509. The lowest BCUT2D eigenvalue weighted by Crippen LogP contribution is -1.97. The van der Waals surface area contributed by atoms with Gasteiger partial charge in [-0.3, -0.25) is 0 Å². The highest BCUT2D eigenvalue weighted by Gasteiger charge is 2.05. The van der Waals surface area contributed by atoms with Crippen LogP contribution < -0.4 is 4.74 Å². The number of ether oxygens (including phenoxy) is 1. The van der Waals surface area contributed by atoms with Gasteiger partial charge in [0, 0.05) is 11.6 Å². The summed E-state index contributed by atoms with van der Waals surface area (Å²) in [6.45, 7) is 6.57. The maximum absolute atomic E-state index is 5.34. The van der Waals surface area contributed by atoms with Crippen LogP contribution in [0.3, 0.4) is 0 Å². The second kappa shape index (κ2) is 5.25. The summed E-state index contributed by atoms with van der Waals surface area (Å²) in [7, 11) is 0. The van der Waals surface area contributed by atoms with Crippen LogP contribution in [0.2, 0.25) is 0 Å². The first-order valence-corrected chi connectivity index (χ1v) is 5.51. The molecular formula is C14H14N2O. The Hall–Kier alpha value is -2.16. The summed E-state index contributed by atoms with van der Waals surface area (Å²) in [5, 5.41) is 0. The highest BCUT2D eigenvalue weighted by molar-refractivity contribution is 5.76. The lowest BCUT2D eigenvalue weighted by atomic mass is 10.0. The molecule has 0 amide bonds. The molecule has 3 nitrogen and oxygen atoms in total. The van der Waals surface area contributed by atoms with Gasteiger partial charge in [0.25, 0.3) is 0 Å². The Kier molecular flexibility index (Phi) is 3.50. The molecule has 0 spiro atoms. The number of nitrogens with zero attached hydrogens (tertiary/aromatic N) is 2. The van der Waals surface area contributed by atoms with Gasteiger partial charge in [-0.15, -0.1) is 0 Å². The fourth-order valence-corrected chi connectivity index (χ4v) is 1.52. The minimum Gasteiger partial charge on any atom is -0.478 e. The van der Waals surface area contributed by atoms with Gasteiger partial charge < -0.3 is 4.74 Å². The zero-order chi connectivity index (χ0) is 12.1. The predicted octanol–water partition coefficient (Wildman–Crippen LogP) is 2.94. The molecule has 0 unspecified atom stereocenters. The molecular weight excluding hydrogens is 212 g/mol. The second-order valence-electron chi connectivity index (χ2n) is 3.52. The molecule has 0 radical (unpaired) electrons. The molecule has 86 valence electrons. The molecule has 2 rings (SSSR count). The van der Waals surface area contributed by atoms with E-state index in [2.05, 4.69) is 16.5 Å². The molecule has 0 aliphatic carbocycles. The maximum atomic E-state index is 5.34. The highest BCUT2D eigenvalue weighted by Crippen LogP contribution is 2.21. The molecule has 0 saturated heterocycles. The van der Waals surface area contributed by atoms with E-state index >= 15 is 0 Å². The van der Waals surface area contributed by atoms with E-state index in [1.807, 2.05) is 37.3 Å². The fraction of sp³-hybridized carbons (Fsp3) is 0.143. The highest BCUT2D eigenvalue weighted by atomic mass is 16.5. The molecule has 0 aliphatic heterocycles. The van der Waals surface area contributed by atoms with Crippen LogP contribution in [0.5, 0.6) is 5.88 Å². The van der Waals surface area contributed by atoms with Crippen molar-refractivity contribution in [3.63, 3.8) is 0 Å². The van der Waals surface area contributed by atoms with E-state index in [1.54, 1.807) is 6.07 Å². The van der Waals surface area contributed by atoms with Crippen molar-refractivity contribution in [2.45, 2.75) is 6.92 Å². The minimum atomic E-state index is 0.578. The maximum Gasteiger partial charge on any atom is 0.216 e. The molecule has 0 N–H and O–H groups in total. The van der Waals surface area contributed by atoms with E-state index in [-0.39, 0.29) is 0 Å². The molecule has 1 aromatic carbocycles. The topological polar surface area (TPSA) is 35.0 Å². The summed E-state index contributed by atoms with van der Waals surface area (Å²) in [5.41, 5.74) is 2.71. The summed E-state index contributed by atoms with van der Waals surface area (Å²) >= 11 is 0. The summed E-state index contributed by atoms with van der Waals surface area (Å²) in [6, 6.07) is 11.7. The van der Waals surface area contributed by atoms with Gasteiger partial charge in [0.1, 0.15) is 6.33 Å².